The number of hydrogen-bond donors (Lipinski definition) is 0. The van der Waals surface area contributed by atoms with Crippen molar-refractivity contribution in [1.29, 1.82) is 0 Å². The third-order valence-corrected chi connectivity index (χ3v) is 4.79. The largest absolute Gasteiger partial charge is 0.444 e. The highest BCUT2D eigenvalue weighted by Crippen LogP contribution is 2.33. The van der Waals surface area contributed by atoms with Crippen LogP contribution in [0.5, 0.6) is 0 Å². The Morgan fingerprint density at radius 1 is 1.24 bits per heavy atom. The molecule has 0 spiro atoms. The van der Waals surface area contributed by atoms with Crippen LogP contribution in [0.4, 0.5) is 5.69 Å². The number of aryl methyl sites for hydroxylation is 2. The van der Waals surface area contributed by atoms with Crippen LogP contribution < -0.4 is 4.90 Å². The molecule has 1 amide bonds. The summed E-state index contributed by atoms with van der Waals surface area (Å²) in [6, 6.07) is 9.61. The van der Waals surface area contributed by atoms with E-state index in [1.54, 1.807) is 17.0 Å². The van der Waals surface area contributed by atoms with Crippen molar-refractivity contribution in [3.05, 3.63) is 52.0 Å². The number of rotatable bonds is 3. The van der Waals surface area contributed by atoms with Gasteiger partial charge >= 0.3 is 0 Å². The van der Waals surface area contributed by atoms with Crippen molar-refractivity contribution >= 4 is 27.5 Å². The van der Waals surface area contributed by atoms with Crippen LogP contribution in [0.25, 0.3) is 11.7 Å². The van der Waals surface area contributed by atoms with Gasteiger partial charge in [0.2, 0.25) is 5.91 Å². The maximum atomic E-state index is 12.5. The molecule has 1 aromatic carbocycles. The van der Waals surface area contributed by atoms with Crippen molar-refractivity contribution in [3.63, 3.8) is 0 Å². The number of amides is 1. The number of anilines is 1. The maximum absolute atomic E-state index is 12.5. The summed E-state index contributed by atoms with van der Waals surface area (Å²) in [7, 11) is 0. The van der Waals surface area contributed by atoms with E-state index in [1.807, 2.05) is 26.0 Å². The van der Waals surface area contributed by atoms with Crippen molar-refractivity contribution < 1.29 is 13.7 Å². The fraction of sp³-hybridized carbons (Fsp3) is 0.278. The van der Waals surface area contributed by atoms with Crippen molar-refractivity contribution in [1.82, 2.24) is 10.1 Å². The lowest BCUT2D eigenvalue weighted by atomic mass is 10.1. The average Bonchev–Trinajstić information content (AvgIpc) is 3.27. The Kier molecular flexibility index (Phi) is 3.95. The molecule has 128 valence electrons. The van der Waals surface area contributed by atoms with Crippen LogP contribution in [0.2, 0.25) is 0 Å². The standard InChI is InChI=1S/C18H16BrN3O3/c1-10-3-4-13(11(2)7-10)22-9-12(8-16(22)23)17-20-18(25-21-17)14-5-6-15(19)24-14/h3-7,12H,8-9H2,1-2H3. The summed E-state index contributed by atoms with van der Waals surface area (Å²) in [6.07, 6.45) is 0.369. The highest BCUT2D eigenvalue weighted by Gasteiger charge is 2.35. The lowest BCUT2D eigenvalue weighted by molar-refractivity contribution is -0.117. The van der Waals surface area contributed by atoms with E-state index in [1.165, 1.54) is 5.56 Å². The molecule has 3 aromatic rings. The van der Waals surface area contributed by atoms with Gasteiger partial charge in [-0.3, -0.25) is 4.79 Å². The van der Waals surface area contributed by atoms with Gasteiger partial charge in [-0.1, -0.05) is 22.9 Å². The minimum atomic E-state index is -0.0934. The first-order valence-corrected chi connectivity index (χ1v) is 8.77. The number of carbonyl (C=O) groups is 1. The Hall–Kier alpha value is -2.41. The average molecular weight is 402 g/mol. The first-order valence-electron chi connectivity index (χ1n) is 7.98. The Bertz CT molecular complexity index is 947. The summed E-state index contributed by atoms with van der Waals surface area (Å²) in [6.45, 7) is 4.60. The van der Waals surface area contributed by atoms with Gasteiger partial charge in [0.25, 0.3) is 5.89 Å². The first kappa shape index (κ1) is 16.1. The third-order valence-electron chi connectivity index (χ3n) is 4.36. The van der Waals surface area contributed by atoms with E-state index in [0.29, 0.717) is 35.1 Å². The number of furan rings is 1. The predicted octanol–water partition coefficient (Wildman–Crippen LogP) is 4.23. The quantitative estimate of drug-likeness (QED) is 0.656. The number of hydrogen-bond acceptors (Lipinski definition) is 5. The molecule has 1 saturated heterocycles. The van der Waals surface area contributed by atoms with Crippen LogP contribution in [0.15, 0.2) is 43.9 Å². The van der Waals surface area contributed by atoms with Gasteiger partial charge in [-0.15, -0.1) is 0 Å². The van der Waals surface area contributed by atoms with Crippen molar-refractivity contribution in [2.45, 2.75) is 26.2 Å². The molecule has 0 N–H and O–H groups in total. The van der Waals surface area contributed by atoms with E-state index in [0.717, 1.165) is 11.3 Å². The molecule has 2 aromatic heterocycles. The Balaban J connectivity index is 1.57. The maximum Gasteiger partial charge on any atom is 0.293 e. The van der Waals surface area contributed by atoms with Crippen molar-refractivity contribution in [2.75, 3.05) is 11.4 Å². The topological polar surface area (TPSA) is 72.4 Å². The number of aromatic nitrogens is 2. The molecule has 25 heavy (non-hydrogen) atoms. The number of benzene rings is 1. The number of nitrogens with zero attached hydrogens (tertiary/aromatic N) is 3. The molecule has 1 fully saturated rings. The van der Waals surface area contributed by atoms with Crippen molar-refractivity contribution in [3.8, 4) is 11.7 Å². The van der Waals surface area contributed by atoms with Crippen LogP contribution in [0.1, 0.15) is 29.3 Å². The molecule has 7 heteroatoms. The van der Waals surface area contributed by atoms with Crippen LogP contribution in [-0.2, 0) is 4.79 Å². The van der Waals surface area contributed by atoms with E-state index in [2.05, 4.69) is 32.1 Å². The monoisotopic (exact) mass is 401 g/mol. The molecule has 0 radical (unpaired) electrons. The Morgan fingerprint density at radius 2 is 2.08 bits per heavy atom. The van der Waals surface area contributed by atoms with Crippen LogP contribution >= 0.6 is 15.9 Å². The smallest absolute Gasteiger partial charge is 0.293 e. The second-order valence-corrected chi connectivity index (χ2v) is 7.04. The van der Waals surface area contributed by atoms with E-state index in [9.17, 15) is 4.79 Å². The molecule has 1 aliphatic heterocycles. The van der Waals surface area contributed by atoms with E-state index in [4.69, 9.17) is 8.94 Å². The Morgan fingerprint density at radius 3 is 2.80 bits per heavy atom. The lowest BCUT2D eigenvalue weighted by Gasteiger charge is -2.19. The summed E-state index contributed by atoms with van der Waals surface area (Å²) in [5.74, 6) is 1.33. The normalized spacial score (nSPS) is 17.5. The van der Waals surface area contributed by atoms with Gasteiger partial charge in [0.15, 0.2) is 16.3 Å². The molecule has 3 heterocycles. The first-order chi connectivity index (χ1) is 12.0. The summed E-state index contributed by atoms with van der Waals surface area (Å²) >= 11 is 3.25. The zero-order valence-electron chi connectivity index (χ0n) is 13.8. The highest BCUT2D eigenvalue weighted by atomic mass is 79.9. The molecule has 4 rings (SSSR count). The second kappa shape index (κ2) is 6.15. The van der Waals surface area contributed by atoms with E-state index in [-0.39, 0.29) is 11.8 Å². The SMILES string of the molecule is Cc1ccc(N2CC(c3noc(-c4ccc(Br)o4)n3)CC2=O)c(C)c1. The Labute approximate surface area is 152 Å². The molecule has 1 unspecified atom stereocenters. The molecular formula is C18H16BrN3O3. The van der Waals surface area contributed by atoms with Gasteiger partial charge in [0.05, 0.1) is 0 Å². The molecule has 6 nitrogen and oxygen atoms in total. The van der Waals surface area contributed by atoms with Crippen LogP contribution in [-0.4, -0.2) is 22.6 Å². The fourth-order valence-electron chi connectivity index (χ4n) is 3.15. The summed E-state index contributed by atoms with van der Waals surface area (Å²) in [5.41, 5.74) is 3.21. The molecule has 1 atom stereocenters. The predicted molar refractivity (Wildman–Crippen MR) is 95.3 cm³/mol. The number of carbonyl (C=O) groups excluding carboxylic acids is 1. The lowest BCUT2D eigenvalue weighted by Crippen LogP contribution is -2.25. The highest BCUT2D eigenvalue weighted by molar-refractivity contribution is 9.10. The van der Waals surface area contributed by atoms with Gasteiger partial charge in [0, 0.05) is 24.6 Å². The minimum Gasteiger partial charge on any atom is -0.444 e. The van der Waals surface area contributed by atoms with Gasteiger partial charge in [0.1, 0.15) is 0 Å². The summed E-state index contributed by atoms with van der Waals surface area (Å²) in [4.78, 5) is 18.7. The fourth-order valence-corrected chi connectivity index (χ4v) is 3.46. The van der Waals surface area contributed by atoms with Gasteiger partial charge in [-0.25, -0.2) is 0 Å². The number of halogens is 1. The van der Waals surface area contributed by atoms with Crippen LogP contribution in [0, 0.1) is 13.8 Å². The zero-order chi connectivity index (χ0) is 17.6. The summed E-state index contributed by atoms with van der Waals surface area (Å²) in [5, 5.41) is 4.04. The van der Waals surface area contributed by atoms with E-state index < -0.39 is 0 Å². The van der Waals surface area contributed by atoms with Crippen molar-refractivity contribution in [2.24, 2.45) is 0 Å². The summed E-state index contributed by atoms with van der Waals surface area (Å²) < 4.78 is 11.3. The molecule has 0 saturated carbocycles. The molecule has 0 bridgehead atoms. The van der Waals surface area contributed by atoms with E-state index >= 15 is 0 Å². The third kappa shape index (κ3) is 3.00. The molecular weight excluding hydrogens is 386 g/mol. The zero-order valence-corrected chi connectivity index (χ0v) is 15.4. The van der Waals surface area contributed by atoms with Gasteiger partial charge in [-0.2, -0.15) is 4.98 Å². The molecule has 1 aliphatic rings. The second-order valence-electron chi connectivity index (χ2n) is 6.26. The molecule has 0 aliphatic carbocycles. The minimum absolute atomic E-state index is 0.0732. The van der Waals surface area contributed by atoms with Gasteiger partial charge < -0.3 is 13.8 Å². The van der Waals surface area contributed by atoms with Gasteiger partial charge in [-0.05, 0) is 53.5 Å². The van der Waals surface area contributed by atoms with Crippen LogP contribution in [0.3, 0.4) is 0 Å².